The van der Waals surface area contributed by atoms with Gasteiger partial charge in [0.05, 0.1) is 0 Å². The molecule has 1 aliphatic heterocycles. The molecule has 0 aliphatic carbocycles. The monoisotopic (exact) mass is 199 g/mol. The van der Waals surface area contributed by atoms with Crippen LogP contribution in [0.15, 0.2) is 0 Å². The first-order valence-corrected chi connectivity index (χ1v) is 5.87. The van der Waals surface area contributed by atoms with Crippen LogP contribution in [0.25, 0.3) is 0 Å². The average molecular weight is 199 g/mol. The minimum Gasteiger partial charge on any atom is -0.329 e. The summed E-state index contributed by atoms with van der Waals surface area (Å²) in [6, 6.07) is 1.30. The Bertz CT molecular complexity index is 157. The van der Waals surface area contributed by atoms with E-state index >= 15 is 0 Å². The topological polar surface area (TPSA) is 32.5 Å². The van der Waals surface area contributed by atoms with E-state index in [4.69, 9.17) is 5.73 Å². The van der Waals surface area contributed by atoms with E-state index in [9.17, 15) is 0 Å². The predicted octanol–water partition coefficient (Wildman–Crippen LogP) is 0.750. The molecule has 1 atom stereocenters. The van der Waals surface area contributed by atoms with Gasteiger partial charge in [-0.05, 0) is 19.9 Å². The highest BCUT2D eigenvalue weighted by molar-refractivity contribution is 4.85. The van der Waals surface area contributed by atoms with E-state index in [1.54, 1.807) is 0 Å². The largest absolute Gasteiger partial charge is 0.329 e. The summed E-state index contributed by atoms with van der Waals surface area (Å²) in [5.74, 6) is 0. The number of likely N-dealkylation sites (N-methyl/N-ethyl adjacent to an activating group) is 1. The number of hydrogen-bond donors (Lipinski definition) is 1. The van der Waals surface area contributed by atoms with Gasteiger partial charge >= 0.3 is 0 Å². The number of nitrogens with zero attached hydrogens (tertiary/aromatic N) is 2. The van der Waals surface area contributed by atoms with Gasteiger partial charge in [-0.3, -0.25) is 4.90 Å². The molecule has 1 saturated heterocycles. The molecule has 0 bridgehead atoms. The fourth-order valence-electron chi connectivity index (χ4n) is 2.47. The second-order valence-electron chi connectivity index (χ2n) is 4.36. The zero-order chi connectivity index (χ0) is 10.6. The SMILES string of the molecule is CCC(CC)N1CCN(C)CC1CN. The molecule has 1 unspecified atom stereocenters. The fourth-order valence-corrected chi connectivity index (χ4v) is 2.47. The van der Waals surface area contributed by atoms with Gasteiger partial charge in [-0.15, -0.1) is 0 Å². The van der Waals surface area contributed by atoms with Gasteiger partial charge in [-0.2, -0.15) is 0 Å². The second kappa shape index (κ2) is 5.69. The van der Waals surface area contributed by atoms with E-state index in [1.807, 2.05) is 0 Å². The molecule has 1 fully saturated rings. The zero-order valence-corrected chi connectivity index (χ0v) is 9.87. The lowest BCUT2D eigenvalue weighted by atomic mass is 10.0. The summed E-state index contributed by atoms with van der Waals surface area (Å²) in [6.07, 6.45) is 2.49. The lowest BCUT2D eigenvalue weighted by molar-refractivity contribution is 0.0528. The van der Waals surface area contributed by atoms with Crippen LogP contribution in [0.4, 0.5) is 0 Å². The number of nitrogens with two attached hydrogens (primary N) is 1. The molecule has 2 N–H and O–H groups in total. The van der Waals surface area contributed by atoms with Crippen LogP contribution in [0, 0.1) is 0 Å². The molecule has 1 heterocycles. The molecule has 84 valence electrons. The number of piperazine rings is 1. The van der Waals surface area contributed by atoms with Crippen molar-refractivity contribution in [2.24, 2.45) is 5.73 Å². The third-order valence-electron chi connectivity index (χ3n) is 3.41. The maximum absolute atomic E-state index is 5.83. The Labute approximate surface area is 88.2 Å². The van der Waals surface area contributed by atoms with Gasteiger partial charge in [0.2, 0.25) is 0 Å². The Morgan fingerprint density at radius 2 is 1.93 bits per heavy atom. The Kier molecular flexibility index (Phi) is 4.85. The van der Waals surface area contributed by atoms with E-state index in [1.165, 1.54) is 25.9 Å². The van der Waals surface area contributed by atoms with Crippen molar-refractivity contribution in [1.29, 1.82) is 0 Å². The lowest BCUT2D eigenvalue weighted by Crippen LogP contribution is -2.57. The van der Waals surface area contributed by atoms with Crippen molar-refractivity contribution in [3.05, 3.63) is 0 Å². The highest BCUT2D eigenvalue weighted by atomic mass is 15.3. The summed E-state index contributed by atoms with van der Waals surface area (Å²) in [4.78, 5) is 5.00. The van der Waals surface area contributed by atoms with Gasteiger partial charge in [-0.25, -0.2) is 0 Å². The average Bonchev–Trinajstić information content (AvgIpc) is 2.21. The minimum atomic E-state index is 0.568. The molecule has 0 saturated carbocycles. The third kappa shape index (κ3) is 2.69. The maximum Gasteiger partial charge on any atom is 0.0349 e. The van der Waals surface area contributed by atoms with E-state index in [-0.39, 0.29) is 0 Å². The third-order valence-corrected chi connectivity index (χ3v) is 3.41. The Morgan fingerprint density at radius 3 is 2.43 bits per heavy atom. The van der Waals surface area contributed by atoms with Gasteiger partial charge < -0.3 is 10.6 Å². The van der Waals surface area contributed by atoms with Crippen LogP contribution in [0.2, 0.25) is 0 Å². The summed E-state index contributed by atoms with van der Waals surface area (Å²) < 4.78 is 0. The quantitative estimate of drug-likeness (QED) is 0.725. The van der Waals surface area contributed by atoms with Crippen molar-refractivity contribution in [2.75, 3.05) is 33.2 Å². The molecule has 1 aliphatic rings. The van der Waals surface area contributed by atoms with Crippen LogP contribution in [0.1, 0.15) is 26.7 Å². The van der Waals surface area contributed by atoms with Crippen molar-refractivity contribution in [2.45, 2.75) is 38.8 Å². The summed E-state index contributed by atoms with van der Waals surface area (Å²) in [7, 11) is 2.19. The van der Waals surface area contributed by atoms with Crippen LogP contribution in [-0.2, 0) is 0 Å². The standard InChI is InChI=1S/C11H25N3/c1-4-10(5-2)14-7-6-13(3)9-11(14)8-12/h10-11H,4-9,12H2,1-3H3. The molecule has 0 amide bonds. The van der Waals surface area contributed by atoms with Crippen LogP contribution in [0.5, 0.6) is 0 Å². The molecular formula is C11H25N3. The van der Waals surface area contributed by atoms with E-state index < -0.39 is 0 Å². The second-order valence-corrected chi connectivity index (χ2v) is 4.36. The summed E-state index contributed by atoms with van der Waals surface area (Å²) in [6.45, 7) is 8.85. The van der Waals surface area contributed by atoms with Crippen LogP contribution in [-0.4, -0.2) is 55.1 Å². The fraction of sp³-hybridized carbons (Fsp3) is 1.00. The maximum atomic E-state index is 5.83. The van der Waals surface area contributed by atoms with Gasteiger partial charge in [0.15, 0.2) is 0 Å². The van der Waals surface area contributed by atoms with Crippen LogP contribution < -0.4 is 5.73 Å². The first-order chi connectivity index (χ1) is 6.72. The van der Waals surface area contributed by atoms with Crippen molar-refractivity contribution >= 4 is 0 Å². The van der Waals surface area contributed by atoms with E-state index in [2.05, 4.69) is 30.7 Å². The number of rotatable bonds is 4. The molecule has 0 radical (unpaired) electrons. The molecular weight excluding hydrogens is 174 g/mol. The highest BCUT2D eigenvalue weighted by Gasteiger charge is 2.27. The summed E-state index contributed by atoms with van der Waals surface area (Å²) >= 11 is 0. The highest BCUT2D eigenvalue weighted by Crippen LogP contribution is 2.16. The lowest BCUT2D eigenvalue weighted by Gasteiger charge is -2.43. The van der Waals surface area contributed by atoms with E-state index in [0.29, 0.717) is 6.04 Å². The van der Waals surface area contributed by atoms with Crippen LogP contribution >= 0.6 is 0 Å². The molecule has 0 aromatic heterocycles. The van der Waals surface area contributed by atoms with Gasteiger partial charge in [0, 0.05) is 38.3 Å². The Balaban J connectivity index is 2.56. The normalized spacial score (nSPS) is 25.9. The zero-order valence-electron chi connectivity index (χ0n) is 9.87. The van der Waals surface area contributed by atoms with Gasteiger partial charge in [-0.1, -0.05) is 13.8 Å². The van der Waals surface area contributed by atoms with Crippen molar-refractivity contribution in [3.63, 3.8) is 0 Å². The smallest absolute Gasteiger partial charge is 0.0349 e. The molecule has 0 aromatic rings. The van der Waals surface area contributed by atoms with E-state index in [0.717, 1.165) is 19.1 Å². The van der Waals surface area contributed by atoms with Gasteiger partial charge in [0.1, 0.15) is 0 Å². The molecule has 3 heteroatoms. The molecule has 1 rings (SSSR count). The number of hydrogen-bond acceptors (Lipinski definition) is 3. The van der Waals surface area contributed by atoms with Crippen molar-refractivity contribution < 1.29 is 0 Å². The predicted molar refractivity (Wildman–Crippen MR) is 61.4 cm³/mol. The van der Waals surface area contributed by atoms with Crippen molar-refractivity contribution in [1.82, 2.24) is 9.80 Å². The first kappa shape index (κ1) is 12.0. The Hall–Kier alpha value is -0.120. The first-order valence-electron chi connectivity index (χ1n) is 5.87. The van der Waals surface area contributed by atoms with Gasteiger partial charge in [0.25, 0.3) is 0 Å². The summed E-state index contributed by atoms with van der Waals surface area (Å²) in [5.41, 5.74) is 5.83. The molecule has 0 spiro atoms. The molecule has 3 nitrogen and oxygen atoms in total. The molecule has 14 heavy (non-hydrogen) atoms. The minimum absolute atomic E-state index is 0.568. The van der Waals surface area contributed by atoms with Crippen LogP contribution in [0.3, 0.4) is 0 Å². The summed E-state index contributed by atoms with van der Waals surface area (Å²) in [5, 5.41) is 0. The molecule has 0 aromatic carbocycles. The van der Waals surface area contributed by atoms with Crippen molar-refractivity contribution in [3.8, 4) is 0 Å². The Morgan fingerprint density at radius 1 is 1.29 bits per heavy atom.